The van der Waals surface area contributed by atoms with Crippen molar-refractivity contribution >= 4 is 81.2 Å². The van der Waals surface area contributed by atoms with Crippen molar-refractivity contribution in [1.82, 2.24) is 0 Å². The molecule has 2 nitrogen and oxygen atoms in total. The SMILES string of the molecule is O=C1C2CC=CCC2C(=O)C2C1[C@]1(Cl)C(Cl)=C(Cl)[C@@]2(Cl)C1(Cl)Cl. The predicted molar refractivity (Wildman–Crippen MR) is 92.7 cm³/mol. The molecule has 2 saturated carbocycles. The third kappa shape index (κ3) is 1.59. The number of rotatable bonds is 0. The average molecular weight is 435 g/mol. The first kappa shape index (κ1) is 17.0. The predicted octanol–water partition coefficient (Wildman–Crippen LogP) is 4.80. The van der Waals surface area contributed by atoms with Crippen molar-refractivity contribution in [3.8, 4) is 0 Å². The van der Waals surface area contributed by atoms with E-state index in [9.17, 15) is 9.59 Å². The molecule has 2 fully saturated rings. The van der Waals surface area contributed by atoms with E-state index in [0.717, 1.165) is 0 Å². The first-order chi connectivity index (χ1) is 10.6. The minimum atomic E-state index is -1.85. The molecule has 6 atom stereocenters. The van der Waals surface area contributed by atoms with Crippen LogP contribution in [0.4, 0.5) is 0 Å². The Morgan fingerprint density at radius 3 is 1.48 bits per heavy atom. The van der Waals surface area contributed by atoms with Crippen LogP contribution in [0.2, 0.25) is 0 Å². The molecule has 0 saturated heterocycles. The molecule has 0 N–H and O–H groups in total. The molecule has 4 rings (SSSR count). The molecule has 4 unspecified atom stereocenters. The van der Waals surface area contributed by atoms with Crippen molar-refractivity contribution in [1.29, 1.82) is 0 Å². The lowest BCUT2D eigenvalue weighted by atomic mass is 9.60. The summed E-state index contributed by atoms with van der Waals surface area (Å²) in [6, 6.07) is 0. The van der Waals surface area contributed by atoms with E-state index >= 15 is 0 Å². The van der Waals surface area contributed by atoms with Crippen molar-refractivity contribution in [2.45, 2.75) is 26.9 Å². The van der Waals surface area contributed by atoms with Crippen LogP contribution in [0, 0.1) is 23.7 Å². The molecule has 2 bridgehead atoms. The summed E-state index contributed by atoms with van der Waals surface area (Å²) < 4.78 is -1.85. The van der Waals surface area contributed by atoms with E-state index in [1.54, 1.807) is 0 Å². The molecular formula is C15H10Cl6O2. The van der Waals surface area contributed by atoms with Gasteiger partial charge in [0.05, 0.1) is 21.9 Å². The van der Waals surface area contributed by atoms with Gasteiger partial charge in [-0.05, 0) is 12.8 Å². The molecule has 8 heteroatoms. The van der Waals surface area contributed by atoms with Crippen LogP contribution >= 0.6 is 69.6 Å². The fourth-order valence-corrected chi connectivity index (χ4v) is 7.57. The Bertz CT molecular complexity index is 657. The van der Waals surface area contributed by atoms with E-state index < -0.39 is 37.8 Å². The highest BCUT2D eigenvalue weighted by atomic mass is 35.5. The molecule has 4 aliphatic carbocycles. The van der Waals surface area contributed by atoms with Gasteiger partial charge in [-0.3, -0.25) is 9.59 Å². The van der Waals surface area contributed by atoms with Gasteiger partial charge in [-0.15, -0.1) is 23.2 Å². The summed E-state index contributed by atoms with van der Waals surface area (Å²) in [5, 5.41) is -0.0685. The number of fused-ring (bicyclic) bond motifs is 6. The van der Waals surface area contributed by atoms with Crippen LogP contribution in [-0.4, -0.2) is 25.6 Å². The van der Waals surface area contributed by atoms with E-state index in [1.807, 2.05) is 12.2 Å². The maximum Gasteiger partial charge on any atom is 0.167 e. The zero-order valence-electron chi connectivity index (χ0n) is 11.5. The first-order valence-corrected chi connectivity index (χ1v) is 9.42. The lowest BCUT2D eigenvalue weighted by Crippen LogP contribution is -2.55. The summed E-state index contributed by atoms with van der Waals surface area (Å²) in [7, 11) is 0. The Labute approximate surface area is 163 Å². The van der Waals surface area contributed by atoms with E-state index in [4.69, 9.17) is 69.6 Å². The topological polar surface area (TPSA) is 34.1 Å². The standard InChI is InChI=1S/C15H10Cl6O2/c16-11-12(17)14(19)8-7(13(11,18)15(14,20)21)9(22)5-3-1-2-4-6(5)10(8)23/h1-2,5-8H,3-4H2/t5?,6?,7?,8?,13-,14+. The van der Waals surface area contributed by atoms with E-state index in [-0.39, 0.29) is 21.6 Å². The number of carbonyl (C=O) groups excluding carboxylic acids is 2. The van der Waals surface area contributed by atoms with Crippen molar-refractivity contribution in [2.75, 3.05) is 0 Å². The lowest BCUT2D eigenvalue weighted by Gasteiger charge is -2.44. The molecule has 0 amide bonds. The highest BCUT2D eigenvalue weighted by Crippen LogP contribution is 2.77. The second-order valence-electron chi connectivity index (χ2n) is 6.54. The summed E-state index contributed by atoms with van der Waals surface area (Å²) in [4.78, 5) is 22.8. The summed E-state index contributed by atoms with van der Waals surface area (Å²) in [5.41, 5.74) is 0. The quantitative estimate of drug-likeness (QED) is 0.405. The molecule has 0 aliphatic heterocycles. The molecule has 4 aliphatic rings. The fraction of sp³-hybridized carbons (Fsp3) is 0.600. The van der Waals surface area contributed by atoms with Crippen LogP contribution in [0.3, 0.4) is 0 Å². The smallest absolute Gasteiger partial charge is 0.167 e. The van der Waals surface area contributed by atoms with Gasteiger partial charge in [-0.2, -0.15) is 0 Å². The number of hydrogen-bond donors (Lipinski definition) is 0. The third-order valence-corrected chi connectivity index (χ3v) is 9.97. The second-order valence-corrected chi connectivity index (χ2v) is 9.82. The summed E-state index contributed by atoms with van der Waals surface area (Å²) in [5.74, 6) is -3.12. The maximum atomic E-state index is 13.1. The molecule has 0 aromatic carbocycles. The van der Waals surface area contributed by atoms with Gasteiger partial charge in [0.1, 0.15) is 21.3 Å². The number of alkyl halides is 4. The normalized spacial score (nSPS) is 50.3. The largest absolute Gasteiger partial charge is 0.299 e. The Balaban J connectivity index is 1.97. The first-order valence-electron chi connectivity index (χ1n) is 7.16. The number of halogens is 6. The number of carbonyl (C=O) groups is 2. The second kappa shape index (κ2) is 4.84. The maximum absolute atomic E-state index is 13.1. The van der Waals surface area contributed by atoms with Gasteiger partial charge >= 0.3 is 0 Å². The van der Waals surface area contributed by atoms with Crippen LogP contribution in [0.15, 0.2) is 22.2 Å². The molecule has 0 aromatic rings. The van der Waals surface area contributed by atoms with Crippen LogP contribution in [0.1, 0.15) is 12.8 Å². The van der Waals surface area contributed by atoms with Gasteiger partial charge < -0.3 is 0 Å². The molecule has 0 aromatic heterocycles. The molecular weight excluding hydrogens is 425 g/mol. The zero-order valence-corrected chi connectivity index (χ0v) is 16.0. The highest BCUT2D eigenvalue weighted by molar-refractivity contribution is 6.66. The fourth-order valence-electron chi connectivity index (χ4n) is 4.61. The molecule has 0 radical (unpaired) electrons. The zero-order chi connectivity index (χ0) is 16.9. The van der Waals surface area contributed by atoms with Gasteiger partial charge in [-0.1, -0.05) is 58.6 Å². The minimum Gasteiger partial charge on any atom is -0.299 e. The van der Waals surface area contributed by atoms with Crippen molar-refractivity contribution in [3.05, 3.63) is 22.2 Å². The minimum absolute atomic E-state index is 0.0342. The molecule has 23 heavy (non-hydrogen) atoms. The van der Waals surface area contributed by atoms with E-state index in [0.29, 0.717) is 12.8 Å². The monoisotopic (exact) mass is 432 g/mol. The van der Waals surface area contributed by atoms with E-state index in [2.05, 4.69) is 0 Å². The van der Waals surface area contributed by atoms with Crippen LogP contribution in [0.5, 0.6) is 0 Å². The van der Waals surface area contributed by atoms with Gasteiger partial charge in [0.15, 0.2) is 4.33 Å². The molecule has 0 spiro atoms. The van der Waals surface area contributed by atoms with Gasteiger partial charge in [-0.25, -0.2) is 0 Å². The van der Waals surface area contributed by atoms with Gasteiger partial charge in [0, 0.05) is 11.8 Å². The van der Waals surface area contributed by atoms with Crippen molar-refractivity contribution < 1.29 is 9.59 Å². The Hall–Kier alpha value is 0.560. The Kier molecular flexibility index (Phi) is 3.58. The number of allylic oxidation sites excluding steroid dienone is 4. The number of hydrogen-bond acceptors (Lipinski definition) is 2. The summed E-state index contributed by atoms with van der Waals surface area (Å²) >= 11 is 38.8. The number of Topliss-reactive ketones (excluding diaryl/α,β-unsaturated/α-hetero) is 2. The summed E-state index contributed by atoms with van der Waals surface area (Å²) in [6.07, 6.45) is 4.79. The van der Waals surface area contributed by atoms with Crippen LogP contribution in [0.25, 0.3) is 0 Å². The number of ketones is 2. The summed E-state index contributed by atoms with van der Waals surface area (Å²) in [6.45, 7) is 0. The lowest BCUT2D eigenvalue weighted by molar-refractivity contribution is -0.147. The van der Waals surface area contributed by atoms with Gasteiger partial charge in [0.25, 0.3) is 0 Å². The highest BCUT2D eigenvalue weighted by Gasteiger charge is 2.86. The van der Waals surface area contributed by atoms with Crippen LogP contribution < -0.4 is 0 Å². The molecule has 124 valence electrons. The van der Waals surface area contributed by atoms with Crippen molar-refractivity contribution in [2.24, 2.45) is 23.7 Å². The van der Waals surface area contributed by atoms with Crippen molar-refractivity contribution in [3.63, 3.8) is 0 Å². The van der Waals surface area contributed by atoms with Crippen LogP contribution in [-0.2, 0) is 9.59 Å². The third-order valence-electron chi connectivity index (χ3n) is 5.71. The Morgan fingerprint density at radius 1 is 0.783 bits per heavy atom. The average Bonchev–Trinajstić information content (AvgIpc) is 2.73. The molecule has 0 heterocycles. The Morgan fingerprint density at radius 2 is 1.13 bits per heavy atom. The van der Waals surface area contributed by atoms with Gasteiger partial charge in [0.2, 0.25) is 0 Å². The van der Waals surface area contributed by atoms with E-state index in [1.165, 1.54) is 0 Å².